The van der Waals surface area contributed by atoms with Gasteiger partial charge in [0.15, 0.2) is 0 Å². The van der Waals surface area contributed by atoms with Gasteiger partial charge in [-0.15, -0.1) is 11.3 Å². The molecule has 270 valence electrons. The standard InChI is InChI=1S/C34H53IN4O8S/c1-25-30(48-24-38-25)27-7-5-26(6-8-27)22-37-32(41)29-21-28(40)23-39(29)33(42)31(34(2,3)4)36-10-12-44-14-16-46-18-20-47-19-17-45-15-13-43-11-9-35/h5-8,24,28-29,31,36,40H,9-23H2,1-4H3,(H,37,41)/t28-,29+,31-/m1/s1. The quantitative estimate of drug-likeness (QED) is 0.0872. The van der Waals surface area contributed by atoms with Crippen molar-refractivity contribution in [1.29, 1.82) is 0 Å². The summed E-state index contributed by atoms with van der Waals surface area (Å²) in [5.74, 6) is -0.480. The minimum Gasteiger partial charge on any atom is -0.391 e. The van der Waals surface area contributed by atoms with Crippen molar-refractivity contribution in [3.05, 3.63) is 41.0 Å². The maximum absolute atomic E-state index is 13.8. The van der Waals surface area contributed by atoms with E-state index in [-0.39, 0.29) is 24.8 Å². The lowest BCUT2D eigenvalue weighted by atomic mass is 9.85. The number of carbonyl (C=O) groups excluding carboxylic acids is 2. The van der Waals surface area contributed by atoms with E-state index in [4.69, 9.17) is 23.7 Å². The van der Waals surface area contributed by atoms with E-state index in [1.165, 1.54) is 4.90 Å². The molecule has 1 saturated heterocycles. The van der Waals surface area contributed by atoms with Crippen LogP contribution in [0.2, 0.25) is 0 Å². The van der Waals surface area contributed by atoms with E-state index in [1.807, 2.05) is 57.5 Å². The highest BCUT2D eigenvalue weighted by Gasteiger charge is 2.43. The second-order valence-corrected chi connectivity index (χ2v) is 14.5. The van der Waals surface area contributed by atoms with Crippen LogP contribution in [0, 0.1) is 12.3 Å². The Kier molecular flexibility index (Phi) is 18.8. The second-order valence-electron chi connectivity index (χ2n) is 12.6. The van der Waals surface area contributed by atoms with Crippen LogP contribution in [0.5, 0.6) is 0 Å². The lowest BCUT2D eigenvalue weighted by Gasteiger charge is -2.35. The van der Waals surface area contributed by atoms with Crippen LogP contribution in [0.25, 0.3) is 10.4 Å². The molecule has 2 amide bonds. The summed E-state index contributed by atoms with van der Waals surface area (Å²) in [5, 5.41) is 16.8. The lowest BCUT2D eigenvalue weighted by Crippen LogP contribution is -2.57. The number of alkyl halides is 1. The first-order valence-electron chi connectivity index (χ1n) is 16.6. The molecule has 0 bridgehead atoms. The highest BCUT2D eigenvalue weighted by molar-refractivity contribution is 14.1. The van der Waals surface area contributed by atoms with Crippen LogP contribution in [-0.2, 0) is 39.8 Å². The molecule has 2 heterocycles. The van der Waals surface area contributed by atoms with Crippen LogP contribution < -0.4 is 10.6 Å². The Labute approximate surface area is 302 Å². The molecule has 14 heteroatoms. The number of thiazole rings is 1. The number of hydrogen-bond acceptors (Lipinski definition) is 11. The van der Waals surface area contributed by atoms with Gasteiger partial charge < -0.3 is 44.3 Å². The Bertz CT molecular complexity index is 1210. The Morgan fingerprint density at radius 2 is 1.52 bits per heavy atom. The van der Waals surface area contributed by atoms with Crippen molar-refractivity contribution in [3.63, 3.8) is 0 Å². The fourth-order valence-electron chi connectivity index (χ4n) is 5.21. The number of nitrogens with zero attached hydrogens (tertiary/aromatic N) is 2. The summed E-state index contributed by atoms with van der Waals surface area (Å²) < 4.78 is 28.5. The molecule has 1 aliphatic heterocycles. The van der Waals surface area contributed by atoms with Crippen molar-refractivity contribution in [2.75, 3.05) is 83.6 Å². The summed E-state index contributed by atoms with van der Waals surface area (Å²) in [6.45, 7) is 14.0. The summed E-state index contributed by atoms with van der Waals surface area (Å²) in [6.07, 6.45) is -0.557. The monoisotopic (exact) mass is 804 g/mol. The second kappa shape index (κ2) is 22.1. The minimum atomic E-state index is -0.760. The Morgan fingerprint density at radius 3 is 2.04 bits per heavy atom. The summed E-state index contributed by atoms with van der Waals surface area (Å²) >= 11 is 3.87. The molecule has 48 heavy (non-hydrogen) atoms. The van der Waals surface area contributed by atoms with Crippen molar-refractivity contribution in [2.45, 2.75) is 58.8 Å². The largest absolute Gasteiger partial charge is 0.391 e. The first-order valence-corrected chi connectivity index (χ1v) is 19.0. The number of β-amino-alcohol motifs (C(OH)–C–C–N with tert-alkyl or cyclic N) is 1. The van der Waals surface area contributed by atoms with Gasteiger partial charge in [0.2, 0.25) is 11.8 Å². The first kappa shape index (κ1) is 40.7. The smallest absolute Gasteiger partial charge is 0.243 e. The maximum Gasteiger partial charge on any atom is 0.243 e. The van der Waals surface area contributed by atoms with E-state index in [2.05, 4.69) is 38.2 Å². The topological polar surface area (TPSA) is 141 Å². The summed E-state index contributed by atoms with van der Waals surface area (Å²) in [6, 6.07) is 6.70. The van der Waals surface area contributed by atoms with Crippen molar-refractivity contribution >= 4 is 45.7 Å². The van der Waals surface area contributed by atoms with Crippen molar-refractivity contribution < 1.29 is 38.4 Å². The number of carbonyl (C=O) groups is 2. The highest BCUT2D eigenvalue weighted by atomic mass is 127. The van der Waals surface area contributed by atoms with E-state index in [0.29, 0.717) is 72.6 Å². The van der Waals surface area contributed by atoms with E-state index >= 15 is 0 Å². The van der Waals surface area contributed by atoms with E-state index in [9.17, 15) is 14.7 Å². The number of ether oxygens (including phenoxy) is 5. The average molecular weight is 805 g/mol. The maximum atomic E-state index is 13.8. The van der Waals surface area contributed by atoms with Gasteiger partial charge in [-0.3, -0.25) is 9.59 Å². The molecular weight excluding hydrogens is 751 g/mol. The molecule has 12 nitrogen and oxygen atoms in total. The Morgan fingerprint density at radius 1 is 0.958 bits per heavy atom. The zero-order valence-corrected chi connectivity index (χ0v) is 31.7. The zero-order chi connectivity index (χ0) is 34.8. The molecule has 0 aliphatic carbocycles. The number of halogens is 1. The van der Waals surface area contributed by atoms with Crippen LogP contribution in [0.15, 0.2) is 29.8 Å². The number of rotatable bonds is 23. The summed E-state index contributed by atoms with van der Waals surface area (Å²) in [7, 11) is 0. The third kappa shape index (κ3) is 14.2. The van der Waals surface area contributed by atoms with Gasteiger partial charge >= 0.3 is 0 Å². The molecule has 0 unspecified atom stereocenters. The molecule has 2 aromatic rings. The van der Waals surface area contributed by atoms with Gasteiger partial charge in [-0.25, -0.2) is 4.98 Å². The number of hydrogen-bond donors (Lipinski definition) is 3. The molecule has 0 saturated carbocycles. The SMILES string of the molecule is Cc1ncsc1-c1ccc(CNC(=O)[C@@H]2C[C@@H](O)CN2C(=O)[C@@H](NCCOCCOCCOCCOCCOCCI)C(C)(C)C)cc1. The predicted octanol–water partition coefficient (Wildman–Crippen LogP) is 3.22. The number of aliphatic hydroxyl groups excluding tert-OH is 1. The fraction of sp³-hybridized carbons (Fsp3) is 0.676. The van der Waals surface area contributed by atoms with Crippen LogP contribution in [-0.4, -0.2) is 129 Å². The van der Waals surface area contributed by atoms with Crippen LogP contribution in [0.1, 0.15) is 38.4 Å². The van der Waals surface area contributed by atoms with Crippen LogP contribution in [0.4, 0.5) is 0 Å². The lowest BCUT2D eigenvalue weighted by molar-refractivity contribution is -0.142. The molecule has 3 N–H and O–H groups in total. The number of benzene rings is 1. The third-order valence-corrected chi connectivity index (χ3v) is 9.13. The third-order valence-electron chi connectivity index (χ3n) is 7.71. The molecule has 1 aromatic heterocycles. The number of likely N-dealkylation sites (tertiary alicyclic amines) is 1. The van der Waals surface area contributed by atoms with Crippen LogP contribution >= 0.6 is 33.9 Å². The number of amides is 2. The van der Waals surface area contributed by atoms with Crippen LogP contribution in [0.3, 0.4) is 0 Å². The fourth-order valence-corrected chi connectivity index (χ4v) is 6.33. The number of aliphatic hydroxyl groups is 1. The highest BCUT2D eigenvalue weighted by Crippen LogP contribution is 2.28. The molecule has 0 spiro atoms. The summed E-state index contributed by atoms with van der Waals surface area (Å²) in [5.41, 5.74) is 4.43. The van der Waals surface area contributed by atoms with E-state index in [0.717, 1.165) is 32.7 Å². The molecule has 3 rings (SSSR count). The number of aromatic nitrogens is 1. The van der Waals surface area contributed by atoms with Gasteiger partial charge in [-0.2, -0.15) is 0 Å². The summed E-state index contributed by atoms with van der Waals surface area (Å²) in [4.78, 5) is 34.0. The van der Waals surface area contributed by atoms with E-state index < -0.39 is 23.6 Å². The van der Waals surface area contributed by atoms with Gasteiger partial charge in [0.05, 0.1) is 94.3 Å². The van der Waals surface area contributed by atoms with Gasteiger partial charge in [-0.1, -0.05) is 67.6 Å². The minimum absolute atomic E-state index is 0.117. The average Bonchev–Trinajstić information content (AvgIpc) is 3.67. The Hall–Kier alpha value is -1.76. The molecule has 1 fully saturated rings. The van der Waals surface area contributed by atoms with Gasteiger partial charge in [0.1, 0.15) is 6.04 Å². The van der Waals surface area contributed by atoms with Gasteiger partial charge in [0, 0.05) is 30.5 Å². The molecule has 0 radical (unpaired) electrons. The zero-order valence-electron chi connectivity index (χ0n) is 28.7. The van der Waals surface area contributed by atoms with Crippen molar-refractivity contribution in [3.8, 4) is 10.4 Å². The van der Waals surface area contributed by atoms with Gasteiger partial charge in [0.25, 0.3) is 0 Å². The van der Waals surface area contributed by atoms with Gasteiger partial charge in [-0.05, 0) is 23.5 Å². The molecule has 3 atom stereocenters. The number of aryl methyl sites for hydroxylation is 1. The van der Waals surface area contributed by atoms with E-state index in [1.54, 1.807) is 11.3 Å². The molecular formula is C34H53IN4O8S. The normalized spacial score (nSPS) is 17.2. The molecule has 1 aromatic carbocycles. The van der Waals surface area contributed by atoms with Crippen molar-refractivity contribution in [1.82, 2.24) is 20.5 Å². The Balaban J connectivity index is 1.34. The van der Waals surface area contributed by atoms with Crippen molar-refractivity contribution in [2.24, 2.45) is 5.41 Å². The number of nitrogens with one attached hydrogen (secondary N) is 2. The first-order chi connectivity index (χ1) is 23.1. The molecule has 1 aliphatic rings. The predicted molar refractivity (Wildman–Crippen MR) is 194 cm³/mol.